The summed E-state index contributed by atoms with van der Waals surface area (Å²) in [4.78, 5) is 0. The molecule has 1 unspecified atom stereocenters. The molecule has 1 aliphatic carbocycles. The predicted molar refractivity (Wildman–Crippen MR) is 42.8 cm³/mol. The highest BCUT2D eigenvalue weighted by atomic mass is 16.3. The molecule has 58 valence electrons. The molecule has 0 aromatic rings. The van der Waals surface area contributed by atoms with E-state index in [4.69, 9.17) is 0 Å². The van der Waals surface area contributed by atoms with E-state index in [1.165, 1.54) is 0 Å². The summed E-state index contributed by atoms with van der Waals surface area (Å²) in [7, 11) is 0. The molecule has 0 aliphatic heterocycles. The molecular formula is C9H16O. The molecule has 0 fully saturated rings. The highest BCUT2D eigenvalue weighted by Gasteiger charge is 2.23. The van der Waals surface area contributed by atoms with Crippen LogP contribution in [0.3, 0.4) is 0 Å². The van der Waals surface area contributed by atoms with Crippen molar-refractivity contribution in [3.63, 3.8) is 0 Å². The van der Waals surface area contributed by atoms with Crippen LogP contribution in [-0.4, -0.2) is 11.2 Å². The lowest BCUT2D eigenvalue weighted by molar-refractivity contribution is 0.167. The van der Waals surface area contributed by atoms with Gasteiger partial charge in [-0.15, -0.1) is 0 Å². The Morgan fingerprint density at radius 3 is 2.60 bits per heavy atom. The van der Waals surface area contributed by atoms with Gasteiger partial charge in [-0.25, -0.2) is 0 Å². The molecule has 0 saturated carbocycles. The fourth-order valence-corrected chi connectivity index (χ4v) is 1.52. The minimum absolute atomic E-state index is 0.173. The average Bonchev–Trinajstić information content (AvgIpc) is 1.79. The molecule has 1 atom stereocenters. The molecule has 1 heteroatoms. The molecule has 1 N–H and O–H groups in total. The Morgan fingerprint density at radius 2 is 2.20 bits per heavy atom. The largest absolute Gasteiger partial charge is 0.389 e. The summed E-state index contributed by atoms with van der Waals surface area (Å²) in [6.07, 6.45) is 4.04. The lowest BCUT2D eigenvalue weighted by Crippen LogP contribution is -2.22. The van der Waals surface area contributed by atoms with Crippen LogP contribution in [0.4, 0.5) is 0 Å². The zero-order valence-corrected chi connectivity index (χ0v) is 7.02. The minimum Gasteiger partial charge on any atom is -0.389 e. The van der Waals surface area contributed by atoms with Gasteiger partial charge < -0.3 is 5.11 Å². The highest BCUT2D eigenvalue weighted by molar-refractivity contribution is 5.13. The Kier molecular flexibility index (Phi) is 1.86. The molecule has 0 radical (unpaired) electrons. The van der Waals surface area contributed by atoms with E-state index in [1.54, 1.807) is 0 Å². The van der Waals surface area contributed by atoms with Crippen LogP contribution >= 0.6 is 0 Å². The van der Waals surface area contributed by atoms with Crippen molar-refractivity contribution in [3.05, 3.63) is 11.6 Å². The van der Waals surface area contributed by atoms with Crippen molar-refractivity contribution in [2.24, 2.45) is 5.41 Å². The van der Waals surface area contributed by atoms with E-state index in [0.29, 0.717) is 5.41 Å². The van der Waals surface area contributed by atoms with Crippen LogP contribution in [0.2, 0.25) is 0 Å². The van der Waals surface area contributed by atoms with Gasteiger partial charge in [-0.3, -0.25) is 0 Å². The van der Waals surface area contributed by atoms with Crippen molar-refractivity contribution in [1.82, 2.24) is 0 Å². The van der Waals surface area contributed by atoms with Gasteiger partial charge in [0, 0.05) is 0 Å². The summed E-state index contributed by atoms with van der Waals surface area (Å²) in [6, 6.07) is 0. The Bertz CT molecular complexity index is 156. The second kappa shape index (κ2) is 2.39. The first-order valence-electron chi connectivity index (χ1n) is 3.89. The van der Waals surface area contributed by atoms with Gasteiger partial charge in [0.25, 0.3) is 0 Å². The smallest absolute Gasteiger partial charge is 0.0747 e. The lowest BCUT2D eigenvalue weighted by Gasteiger charge is -2.29. The van der Waals surface area contributed by atoms with Crippen LogP contribution in [0.5, 0.6) is 0 Å². The average molecular weight is 140 g/mol. The third-order valence-electron chi connectivity index (χ3n) is 2.21. The first-order valence-corrected chi connectivity index (χ1v) is 3.89. The van der Waals surface area contributed by atoms with Crippen LogP contribution in [0, 0.1) is 5.41 Å². The molecule has 0 amide bonds. The molecule has 0 aromatic carbocycles. The number of allylic oxidation sites excluding steroid dienone is 1. The van der Waals surface area contributed by atoms with Crippen LogP contribution in [-0.2, 0) is 0 Å². The van der Waals surface area contributed by atoms with Crippen molar-refractivity contribution < 1.29 is 5.11 Å². The van der Waals surface area contributed by atoms with E-state index < -0.39 is 0 Å². The van der Waals surface area contributed by atoms with Crippen LogP contribution in [0.15, 0.2) is 11.6 Å². The zero-order valence-electron chi connectivity index (χ0n) is 7.02. The number of rotatable bonds is 0. The maximum atomic E-state index is 9.34. The molecule has 0 bridgehead atoms. The summed E-state index contributed by atoms with van der Waals surface area (Å²) in [5.74, 6) is 0. The van der Waals surface area contributed by atoms with Gasteiger partial charge in [0.2, 0.25) is 0 Å². The first-order chi connectivity index (χ1) is 4.51. The predicted octanol–water partition coefficient (Wildman–Crippen LogP) is 2.11. The normalized spacial score (nSPS) is 31.6. The number of hydrogen-bond donors (Lipinski definition) is 1. The van der Waals surface area contributed by atoms with Crippen molar-refractivity contribution in [3.8, 4) is 0 Å². The van der Waals surface area contributed by atoms with E-state index in [-0.39, 0.29) is 6.10 Å². The highest BCUT2D eigenvalue weighted by Crippen LogP contribution is 2.32. The Labute approximate surface area is 62.8 Å². The quantitative estimate of drug-likeness (QED) is 0.511. The molecular weight excluding hydrogens is 124 g/mol. The molecule has 1 aliphatic rings. The lowest BCUT2D eigenvalue weighted by atomic mass is 9.79. The summed E-state index contributed by atoms with van der Waals surface area (Å²) in [6.45, 7) is 6.43. The maximum Gasteiger partial charge on any atom is 0.0747 e. The van der Waals surface area contributed by atoms with E-state index in [2.05, 4.69) is 19.9 Å². The van der Waals surface area contributed by atoms with Gasteiger partial charge in [-0.1, -0.05) is 19.9 Å². The summed E-state index contributed by atoms with van der Waals surface area (Å²) >= 11 is 0. The second-order valence-electron chi connectivity index (χ2n) is 3.93. The van der Waals surface area contributed by atoms with Crippen LogP contribution in [0.1, 0.15) is 33.6 Å². The Morgan fingerprint density at radius 1 is 1.60 bits per heavy atom. The minimum atomic E-state index is -0.173. The SMILES string of the molecule is CC1=CC(C)(C)CCC1O. The molecule has 0 spiro atoms. The molecule has 0 aromatic heterocycles. The van der Waals surface area contributed by atoms with Crippen molar-refractivity contribution in [1.29, 1.82) is 0 Å². The van der Waals surface area contributed by atoms with Crippen molar-refractivity contribution in [2.75, 3.05) is 0 Å². The number of aliphatic hydroxyl groups is 1. The molecule has 0 heterocycles. The molecule has 0 saturated heterocycles. The van der Waals surface area contributed by atoms with Gasteiger partial charge in [-0.2, -0.15) is 0 Å². The zero-order chi connectivity index (χ0) is 7.78. The topological polar surface area (TPSA) is 20.2 Å². The third kappa shape index (κ3) is 1.60. The van der Waals surface area contributed by atoms with Crippen molar-refractivity contribution in [2.45, 2.75) is 39.7 Å². The standard InChI is InChI=1S/C9H16O/c1-7-6-9(2,3)5-4-8(7)10/h6,8,10H,4-5H2,1-3H3. The Balaban J connectivity index is 2.76. The van der Waals surface area contributed by atoms with Gasteiger partial charge in [0.15, 0.2) is 0 Å². The monoisotopic (exact) mass is 140 g/mol. The Hall–Kier alpha value is -0.300. The van der Waals surface area contributed by atoms with E-state index >= 15 is 0 Å². The number of aliphatic hydroxyl groups excluding tert-OH is 1. The maximum absolute atomic E-state index is 9.34. The molecule has 1 nitrogen and oxygen atoms in total. The summed E-state index contributed by atoms with van der Waals surface area (Å²) in [5.41, 5.74) is 1.44. The summed E-state index contributed by atoms with van der Waals surface area (Å²) < 4.78 is 0. The van der Waals surface area contributed by atoms with Gasteiger partial charge in [0.1, 0.15) is 0 Å². The van der Waals surface area contributed by atoms with Crippen LogP contribution < -0.4 is 0 Å². The second-order valence-corrected chi connectivity index (χ2v) is 3.93. The van der Waals surface area contributed by atoms with Gasteiger partial charge in [-0.05, 0) is 30.8 Å². The fourth-order valence-electron chi connectivity index (χ4n) is 1.52. The van der Waals surface area contributed by atoms with E-state index in [0.717, 1.165) is 18.4 Å². The fraction of sp³-hybridized carbons (Fsp3) is 0.778. The third-order valence-corrected chi connectivity index (χ3v) is 2.21. The number of hydrogen-bond acceptors (Lipinski definition) is 1. The van der Waals surface area contributed by atoms with Gasteiger partial charge >= 0.3 is 0 Å². The van der Waals surface area contributed by atoms with E-state index in [1.807, 2.05) is 6.92 Å². The van der Waals surface area contributed by atoms with Gasteiger partial charge in [0.05, 0.1) is 6.10 Å². The first kappa shape index (κ1) is 7.80. The molecule has 1 rings (SSSR count). The summed E-state index contributed by atoms with van der Waals surface area (Å²) in [5, 5.41) is 9.34. The van der Waals surface area contributed by atoms with Crippen LogP contribution in [0.25, 0.3) is 0 Å². The molecule has 10 heavy (non-hydrogen) atoms. The van der Waals surface area contributed by atoms with Crippen molar-refractivity contribution >= 4 is 0 Å². The van der Waals surface area contributed by atoms with E-state index in [9.17, 15) is 5.11 Å².